The monoisotopic (exact) mass is 337 g/mol. The molecule has 0 aliphatic rings. The molecule has 6 heteroatoms. The number of methoxy groups -OCH3 is 1. The van der Waals surface area contributed by atoms with E-state index in [4.69, 9.17) is 4.74 Å². The summed E-state index contributed by atoms with van der Waals surface area (Å²) in [5, 5.41) is 0. The summed E-state index contributed by atoms with van der Waals surface area (Å²) in [6.07, 6.45) is 0. The number of ether oxygens (including phenoxy) is 1. The number of hydrogen-bond acceptors (Lipinski definition) is 3. The van der Waals surface area contributed by atoms with Crippen LogP contribution in [0.25, 0.3) is 0 Å². The van der Waals surface area contributed by atoms with Crippen LogP contribution in [0.1, 0.15) is 5.56 Å². The number of amides is 1. The first-order valence-electron chi connectivity index (χ1n) is 6.95. The van der Waals surface area contributed by atoms with Crippen molar-refractivity contribution in [2.24, 2.45) is 0 Å². The Balaban J connectivity index is 1.95. The van der Waals surface area contributed by atoms with Crippen LogP contribution < -0.4 is 4.74 Å². The SMILES string of the molecule is COc1ccccc1CN(C)C(=O)CSc1ccc(F)cc1F. The third-order valence-corrected chi connectivity index (χ3v) is 4.30. The van der Waals surface area contributed by atoms with Gasteiger partial charge in [0.25, 0.3) is 0 Å². The Morgan fingerprint density at radius 1 is 1.22 bits per heavy atom. The summed E-state index contributed by atoms with van der Waals surface area (Å²) in [6.45, 7) is 0.398. The molecule has 0 saturated carbocycles. The summed E-state index contributed by atoms with van der Waals surface area (Å²) in [7, 11) is 3.25. The molecule has 3 nitrogen and oxygen atoms in total. The highest BCUT2D eigenvalue weighted by Crippen LogP contribution is 2.23. The van der Waals surface area contributed by atoms with E-state index in [1.165, 1.54) is 12.1 Å². The molecule has 0 atom stereocenters. The van der Waals surface area contributed by atoms with E-state index < -0.39 is 11.6 Å². The molecule has 0 aliphatic carbocycles. The highest BCUT2D eigenvalue weighted by molar-refractivity contribution is 8.00. The fraction of sp³-hybridized carbons (Fsp3) is 0.235. The molecule has 0 N–H and O–H groups in total. The van der Waals surface area contributed by atoms with E-state index in [1.54, 1.807) is 19.1 Å². The molecule has 0 unspecified atom stereocenters. The summed E-state index contributed by atoms with van der Waals surface area (Å²) in [5.41, 5.74) is 0.892. The third kappa shape index (κ3) is 4.69. The molecular weight excluding hydrogens is 320 g/mol. The first-order chi connectivity index (χ1) is 11.0. The van der Waals surface area contributed by atoms with Crippen molar-refractivity contribution in [2.75, 3.05) is 19.9 Å². The molecule has 122 valence electrons. The molecule has 0 heterocycles. The van der Waals surface area contributed by atoms with Gasteiger partial charge in [-0.05, 0) is 18.2 Å². The molecule has 0 spiro atoms. The van der Waals surface area contributed by atoms with Crippen molar-refractivity contribution in [3.05, 3.63) is 59.7 Å². The largest absolute Gasteiger partial charge is 0.496 e. The van der Waals surface area contributed by atoms with Gasteiger partial charge in [0.05, 0.1) is 12.9 Å². The van der Waals surface area contributed by atoms with Gasteiger partial charge in [0, 0.05) is 30.1 Å². The van der Waals surface area contributed by atoms with Crippen molar-refractivity contribution in [1.82, 2.24) is 4.90 Å². The van der Waals surface area contributed by atoms with Gasteiger partial charge in [-0.3, -0.25) is 4.79 Å². The maximum absolute atomic E-state index is 13.5. The van der Waals surface area contributed by atoms with Crippen molar-refractivity contribution in [3.8, 4) is 5.75 Å². The second-order valence-corrected chi connectivity index (χ2v) is 5.94. The van der Waals surface area contributed by atoms with Crippen LogP contribution in [0, 0.1) is 11.6 Å². The number of benzene rings is 2. The summed E-state index contributed by atoms with van der Waals surface area (Å²) in [5.74, 6) is -0.649. The van der Waals surface area contributed by atoms with Crippen LogP contribution in [0.2, 0.25) is 0 Å². The van der Waals surface area contributed by atoms with Gasteiger partial charge in [0.2, 0.25) is 5.91 Å². The lowest BCUT2D eigenvalue weighted by Crippen LogP contribution is -2.28. The van der Waals surface area contributed by atoms with Gasteiger partial charge in [0.1, 0.15) is 17.4 Å². The summed E-state index contributed by atoms with van der Waals surface area (Å²) in [4.78, 5) is 14.0. The summed E-state index contributed by atoms with van der Waals surface area (Å²) < 4.78 is 31.7. The van der Waals surface area contributed by atoms with Gasteiger partial charge < -0.3 is 9.64 Å². The fourth-order valence-corrected chi connectivity index (χ4v) is 2.88. The molecule has 0 saturated heterocycles. The Kier molecular flexibility index (Phi) is 5.98. The number of para-hydroxylation sites is 1. The molecule has 1 amide bonds. The molecule has 0 fully saturated rings. The van der Waals surface area contributed by atoms with Gasteiger partial charge in [-0.15, -0.1) is 11.8 Å². The van der Waals surface area contributed by atoms with Crippen molar-refractivity contribution in [3.63, 3.8) is 0 Å². The van der Waals surface area contributed by atoms with E-state index in [0.29, 0.717) is 12.3 Å². The van der Waals surface area contributed by atoms with Crippen LogP contribution in [-0.2, 0) is 11.3 Å². The molecular formula is C17H17F2NO2S. The van der Waals surface area contributed by atoms with Gasteiger partial charge in [0.15, 0.2) is 0 Å². The molecule has 2 rings (SSSR count). The van der Waals surface area contributed by atoms with Crippen LogP contribution in [0.3, 0.4) is 0 Å². The molecule has 2 aromatic carbocycles. The Morgan fingerprint density at radius 2 is 1.96 bits per heavy atom. The van der Waals surface area contributed by atoms with Gasteiger partial charge in [-0.2, -0.15) is 0 Å². The van der Waals surface area contributed by atoms with E-state index >= 15 is 0 Å². The van der Waals surface area contributed by atoms with Crippen molar-refractivity contribution >= 4 is 17.7 Å². The summed E-state index contributed by atoms with van der Waals surface area (Å²) >= 11 is 1.05. The Bertz CT molecular complexity index is 694. The Hall–Kier alpha value is -2.08. The molecule has 0 radical (unpaired) electrons. The average Bonchev–Trinajstić information content (AvgIpc) is 2.54. The van der Waals surface area contributed by atoms with Crippen LogP contribution in [-0.4, -0.2) is 30.7 Å². The quantitative estimate of drug-likeness (QED) is 0.753. The highest BCUT2D eigenvalue weighted by Gasteiger charge is 2.13. The van der Waals surface area contributed by atoms with E-state index in [0.717, 1.165) is 23.4 Å². The van der Waals surface area contributed by atoms with Crippen molar-refractivity contribution < 1.29 is 18.3 Å². The predicted octanol–water partition coefficient (Wildman–Crippen LogP) is 3.72. The average molecular weight is 337 g/mol. The van der Waals surface area contributed by atoms with Crippen LogP contribution >= 0.6 is 11.8 Å². The number of thioether (sulfide) groups is 1. The van der Waals surface area contributed by atoms with Crippen molar-refractivity contribution in [1.29, 1.82) is 0 Å². The second-order valence-electron chi connectivity index (χ2n) is 4.93. The van der Waals surface area contributed by atoms with Gasteiger partial charge in [-0.1, -0.05) is 18.2 Å². The molecule has 0 aliphatic heterocycles. The predicted molar refractivity (Wildman–Crippen MR) is 86.6 cm³/mol. The number of nitrogens with zero attached hydrogens (tertiary/aromatic N) is 1. The van der Waals surface area contributed by atoms with Crippen molar-refractivity contribution in [2.45, 2.75) is 11.4 Å². The number of carbonyl (C=O) groups excluding carboxylic acids is 1. The lowest BCUT2D eigenvalue weighted by Gasteiger charge is -2.18. The Labute approximate surface area is 138 Å². The first kappa shape index (κ1) is 17.3. The van der Waals surface area contributed by atoms with E-state index in [2.05, 4.69) is 0 Å². The molecule has 23 heavy (non-hydrogen) atoms. The minimum atomic E-state index is -0.657. The zero-order chi connectivity index (χ0) is 16.8. The smallest absolute Gasteiger partial charge is 0.232 e. The van der Waals surface area contributed by atoms with E-state index in [1.807, 2.05) is 24.3 Å². The highest BCUT2D eigenvalue weighted by atomic mass is 32.2. The fourth-order valence-electron chi connectivity index (χ4n) is 2.02. The maximum atomic E-state index is 13.5. The standard InChI is InChI=1S/C17H17F2NO2S/c1-20(10-12-5-3-4-6-15(12)22-2)17(21)11-23-16-8-7-13(18)9-14(16)19/h3-9H,10-11H2,1-2H3. The molecule has 0 aromatic heterocycles. The van der Waals surface area contributed by atoms with E-state index in [-0.39, 0.29) is 16.6 Å². The molecule has 2 aromatic rings. The third-order valence-electron chi connectivity index (χ3n) is 3.27. The number of carbonyl (C=O) groups is 1. The van der Waals surface area contributed by atoms with E-state index in [9.17, 15) is 13.6 Å². The number of hydrogen-bond donors (Lipinski definition) is 0. The maximum Gasteiger partial charge on any atom is 0.232 e. The number of rotatable bonds is 6. The normalized spacial score (nSPS) is 10.4. The minimum absolute atomic E-state index is 0.0776. The lowest BCUT2D eigenvalue weighted by molar-refractivity contribution is -0.127. The molecule has 0 bridgehead atoms. The van der Waals surface area contributed by atoms with Gasteiger partial charge >= 0.3 is 0 Å². The second kappa shape index (κ2) is 7.97. The lowest BCUT2D eigenvalue weighted by atomic mass is 10.2. The zero-order valence-corrected chi connectivity index (χ0v) is 13.7. The van der Waals surface area contributed by atoms with Crippen LogP contribution in [0.4, 0.5) is 8.78 Å². The summed E-state index contributed by atoms with van der Waals surface area (Å²) in [6, 6.07) is 10.8. The minimum Gasteiger partial charge on any atom is -0.496 e. The van der Waals surface area contributed by atoms with Crippen LogP contribution in [0.5, 0.6) is 5.75 Å². The zero-order valence-electron chi connectivity index (χ0n) is 12.9. The van der Waals surface area contributed by atoms with Crippen LogP contribution in [0.15, 0.2) is 47.4 Å². The topological polar surface area (TPSA) is 29.5 Å². The van der Waals surface area contributed by atoms with Gasteiger partial charge in [-0.25, -0.2) is 8.78 Å². The first-order valence-corrected chi connectivity index (χ1v) is 7.93. The number of halogens is 2. The Morgan fingerprint density at radius 3 is 2.65 bits per heavy atom.